The van der Waals surface area contributed by atoms with Crippen LogP contribution < -0.4 is 5.32 Å². The summed E-state index contributed by atoms with van der Waals surface area (Å²) in [5.74, 6) is -3.39. The van der Waals surface area contributed by atoms with Crippen LogP contribution in [0.2, 0.25) is 0 Å². The topological polar surface area (TPSA) is 119 Å². The Morgan fingerprint density at radius 3 is 2.50 bits per heavy atom. The SMILES string of the molecule is C[C@@H]1O[C@@H](c2cc([N+](=O)[O-])ccc2C(=O)O)CC[C@H]1NC(=O)C(F)(F)F. The summed E-state index contributed by atoms with van der Waals surface area (Å²) in [6.45, 7) is 1.44. The van der Waals surface area contributed by atoms with Crippen LogP contribution in [-0.4, -0.2) is 40.2 Å². The van der Waals surface area contributed by atoms with Crippen molar-refractivity contribution in [2.75, 3.05) is 0 Å². The molecule has 11 heteroatoms. The van der Waals surface area contributed by atoms with Crippen LogP contribution in [0.5, 0.6) is 0 Å². The molecule has 1 aliphatic rings. The van der Waals surface area contributed by atoms with E-state index in [9.17, 15) is 38.0 Å². The fourth-order valence-electron chi connectivity index (χ4n) is 2.78. The normalized spacial score (nSPS) is 23.3. The molecule has 0 aliphatic carbocycles. The Balaban J connectivity index is 2.20. The summed E-state index contributed by atoms with van der Waals surface area (Å²) in [6, 6.07) is 2.30. The van der Waals surface area contributed by atoms with Gasteiger partial charge in [-0.15, -0.1) is 0 Å². The zero-order chi connectivity index (χ0) is 19.6. The largest absolute Gasteiger partial charge is 0.478 e. The van der Waals surface area contributed by atoms with E-state index in [0.717, 1.165) is 18.2 Å². The predicted molar refractivity (Wildman–Crippen MR) is 80.6 cm³/mol. The Morgan fingerprint density at radius 1 is 1.35 bits per heavy atom. The fraction of sp³-hybridized carbons (Fsp3) is 0.467. The predicted octanol–water partition coefficient (Wildman–Crippen LogP) is 2.58. The molecule has 2 N–H and O–H groups in total. The Labute approximate surface area is 145 Å². The van der Waals surface area contributed by atoms with Gasteiger partial charge in [-0.1, -0.05) is 0 Å². The average molecular weight is 376 g/mol. The molecule has 0 unspecified atom stereocenters. The first kappa shape index (κ1) is 19.6. The van der Waals surface area contributed by atoms with E-state index in [1.54, 1.807) is 0 Å². The zero-order valence-corrected chi connectivity index (χ0v) is 13.4. The minimum Gasteiger partial charge on any atom is -0.478 e. The standard InChI is InChI=1S/C15H15F3N2O6/c1-7-11(19-14(23)15(16,17)18)4-5-12(26-7)10-6-8(20(24)25)2-3-9(10)13(21)22/h2-3,6-7,11-12H,4-5H2,1H3,(H,19,23)(H,21,22)/t7-,11+,12+/m0/s1. The number of carbonyl (C=O) groups excluding carboxylic acids is 1. The number of nitrogens with one attached hydrogen (secondary N) is 1. The van der Waals surface area contributed by atoms with Gasteiger partial charge in [0, 0.05) is 17.7 Å². The number of nitro groups is 1. The van der Waals surface area contributed by atoms with Crippen LogP contribution in [0.1, 0.15) is 41.8 Å². The first-order valence-electron chi connectivity index (χ1n) is 7.55. The molecular weight excluding hydrogens is 361 g/mol. The smallest absolute Gasteiger partial charge is 0.471 e. The summed E-state index contributed by atoms with van der Waals surface area (Å²) in [5, 5.41) is 22.0. The van der Waals surface area contributed by atoms with Crippen LogP contribution in [0.3, 0.4) is 0 Å². The molecule has 0 bridgehead atoms. The second kappa shape index (κ2) is 7.28. The Morgan fingerprint density at radius 2 is 2.00 bits per heavy atom. The number of amides is 1. The molecule has 0 spiro atoms. The van der Waals surface area contributed by atoms with Crippen LogP contribution >= 0.6 is 0 Å². The monoisotopic (exact) mass is 376 g/mol. The molecule has 0 saturated carbocycles. The van der Waals surface area contributed by atoms with E-state index in [2.05, 4.69) is 0 Å². The first-order chi connectivity index (χ1) is 12.0. The quantitative estimate of drug-likeness (QED) is 0.616. The lowest BCUT2D eigenvalue weighted by Crippen LogP contribution is -2.50. The highest BCUT2D eigenvalue weighted by Crippen LogP contribution is 2.35. The second-order valence-corrected chi connectivity index (χ2v) is 5.82. The lowest BCUT2D eigenvalue weighted by atomic mass is 9.92. The van der Waals surface area contributed by atoms with Gasteiger partial charge in [0.25, 0.3) is 5.69 Å². The highest BCUT2D eigenvalue weighted by atomic mass is 19.4. The van der Waals surface area contributed by atoms with E-state index in [0.29, 0.717) is 0 Å². The second-order valence-electron chi connectivity index (χ2n) is 5.82. The summed E-state index contributed by atoms with van der Waals surface area (Å²) < 4.78 is 42.6. The molecule has 26 heavy (non-hydrogen) atoms. The number of halogens is 3. The molecule has 1 aromatic rings. The minimum atomic E-state index is -5.02. The fourth-order valence-corrected chi connectivity index (χ4v) is 2.78. The molecular formula is C15H15F3N2O6. The summed E-state index contributed by atoms with van der Waals surface area (Å²) in [5.41, 5.74) is -0.446. The molecule has 8 nitrogen and oxygen atoms in total. The summed E-state index contributed by atoms with van der Waals surface area (Å²) >= 11 is 0. The van der Waals surface area contributed by atoms with Crippen LogP contribution in [0.25, 0.3) is 0 Å². The van der Waals surface area contributed by atoms with Crippen molar-refractivity contribution in [2.24, 2.45) is 0 Å². The molecule has 2 rings (SSSR count). The van der Waals surface area contributed by atoms with Crippen molar-refractivity contribution in [1.82, 2.24) is 5.32 Å². The molecule has 1 heterocycles. The molecule has 142 valence electrons. The van der Waals surface area contributed by atoms with Gasteiger partial charge < -0.3 is 15.2 Å². The molecule has 1 fully saturated rings. The lowest BCUT2D eigenvalue weighted by molar-refractivity contribution is -0.385. The average Bonchev–Trinajstić information content (AvgIpc) is 2.54. The maximum absolute atomic E-state index is 12.4. The van der Waals surface area contributed by atoms with Gasteiger partial charge in [0.1, 0.15) is 0 Å². The van der Waals surface area contributed by atoms with Crippen molar-refractivity contribution < 1.29 is 37.5 Å². The number of nitrogens with zero attached hydrogens (tertiary/aromatic N) is 1. The number of rotatable bonds is 4. The highest BCUT2D eigenvalue weighted by Gasteiger charge is 2.42. The molecule has 1 aromatic carbocycles. The van der Waals surface area contributed by atoms with Gasteiger partial charge in [0.2, 0.25) is 0 Å². The van der Waals surface area contributed by atoms with Crippen molar-refractivity contribution in [3.05, 3.63) is 39.4 Å². The molecule has 3 atom stereocenters. The molecule has 1 amide bonds. The number of alkyl halides is 3. The van der Waals surface area contributed by atoms with Gasteiger partial charge in [-0.05, 0) is 25.8 Å². The van der Waals surface area contributed by atoms with Crippen molar-refractivity contribution >= 4 is 17.6 Å². The van der Waals surface area contributed by atoms with Gasteiger partial charge in [-0.25, -0.2) is 4.79 Å². The number of ether oxygens (including phenoxy) is 1. The first-order valence-corrected chi connectivity index (χ1v) is 7.55. The third-order valence-corrected chi connectivity index (χ3v) is 4.08. The number of nitro benzene ring substituents is 1. The third kappa shape index (κ3) is 4.28. The summed E-state index contributed by atoms with van der Waals surface area (Å²) in [7, 11) is 0. The van der Waals surface area contributed by atoms with E-state index in [-0.39, 0.29) is 29.7 Å². The minimum absolute atomic E-state index is 0.0687. The van der Waals surface area contributed by atoms with Crippen LogP contribution in [0, 0.1) is 10.1 Å². The van der Waals surface area contributed by atoms with Gasteiger partial charge in [-0.3, -0.25) is 14.9 Å². The van der Waals surface area contributed by atoms with Crippen LogP contribution in [0.4, 0.5) is 18.9 Å². The number of non-ortho nitro benzene ring substituents is 1. The van der Waals surface area contributed by atoms with E-state index in [1.807, 2.05) is 5.32 Å². The number of benzene rings is 1. The van der Waals surface area contributed by atoms with E-state index in [1.165, 1.54) is 6.92 Å². The van der Waals surface area contributed by atoms with Crippen molar-refractivity contribution in [3.63, 3.8) is 0 Å². The Kier molecular flexibility index (Phi) is 5.50. The molecule has 0 radical (unpaired) electrons. The van der Waals surface area contributed by atoms with Gasteiger partial charge in [-0.2, -0.15) is 13.2 Å². The number of carboxylic acid groups (broad SMARTS) is 1. The number of aromatic carboxylic acids is 1. The summed E-state index contributed by atoms with van der Waals surface area (Å²) in [4.78, 5) is 32.6. The third-order valence-electron chi connectivity index (χ3n) is 4.08. The van der Waals surface area contributed by atoms with Crippen molar-refractivity contribution in [3.8, 4) is 0 Å². The van der Waals surface area contributed by atoms with Crippen LogP contribution in [-0.2, 0) is 9.53 Å². The molecule has 0 aromatic heterocycles. The summed E-state index contributed by atoms with van der Waals surface area (Å²) in [6.07, 6.45) is -6.53. The van der Waals surface area contributed by atoms with Crippen molar-refractivity contribution in [1.29, 1.82) is 0 Å². The van der Waals surface area contributed by atoms with E-state index >= 15 is 0 Å². The maximum Gasteiger partial charge on any atom is 0.471 e. The Bertz CT molecular complexity index is 737. The van der Waals surface area contributed by atoms with Gasteiger partial charge in [0.15, 0.2) is 0 Å². The Hall–Kier alpha value is -2.69. The molecule has 1 aliphatic heterocycles. The number of hydrogen-bond acceptors (Lipinski definition) is 5. The zero-order valence-electron chi connectivity index (χ0n) is 13.4. The van der Waals surface area contributed by atoms with Crippen LogP contribution in [0.15, 0.2) is 18.2 Å². The number of hydrogen-bond donors (Lipinski definition) is 2. The van der Waals surface area contributed by atoms with E-state index < -0.39 is 41.2 Å². The highest BCUT2D eigenvalue weighted by molar-refractivity contribution is 5.90. The van der Waals surface area contributed by atoms with Gasteiger partial charge in [0.05, 0.1) is 28.7 Å². The number of carbonyl (C=O) groups is 2. The van der Waals surface area contributed by atoms with Crippen molar-refractivity contribution in [2.45, 2.75) is 44.2 Å². The molecule has 1 saturated heterocycles. The van der Waals surface area contributed by atoms with Gasteiger partial charge >= 0.3 is 18.1 Å². The lowest BCUT2D eigenvalue weighted by Gasteiger charge is -2.35. The van der Waals surface area contributed by atoms with E-state index in [4.69, 9.17) is 4.74 Å². The number of carboxylic acids is 1. The maximum atomic E-state index is 12.4.